The first-order valence-electron chi connectivity index (χ1n) is 7.70. The van der Waals surface area contributed by atoms with Gasteiger partial charge in [0.25, 0.3) is 0 Å². The first-order chi connectivity index (χ1) is 9.62. The summed E-state index contributed by atoms with van der Waals surface area (Å²) in [6.07, 6.45) is 3.52. The van der Waals surface area contributed by atoms with Crippen LogP contribution in [0.25, 0.3) is 0 Å². The topological polar surface area (TPSA) is 38.5 Å². The van der Waals surface area contributed by atoms with E-state index in [9.17, 15) is 0 Å². The maximum Gasteiger partial charge on any atom is 0.122 e. The van der Waals surface area contributed by atoms with Crippen molar-refractivity contribution in [1.82, 2.24) is 4.90 Å². The van der Waals surface area contributed by atoms with Gasteiger partial charge in [-0.15, -0.1) is 0 Å². The van der Waals surface area contributed by atoms with Gasteiger partial charge in [0.05, 0.1) is 7.11 Å². The Morgan fingerprint density at radius 3 is 2.75 bits per heavy atom. The summed E-state index contributed by atoms with van der Waals surface area (Å²) in [6, 6.07) is 8.28. The predicted octanol–water partition coefficient (Wildman–Crippen LogP) is 2.69. The number of hydrogen-bond donors (Lipinski definition) is 1. The highest BCUT2D eigenvalue weighted by Crippen LogP contribution is 2.31. The number of nitrogens with two attached hydrogens (primary N) is 1. The molecule has 3 nitrogen and oxygen atoms in total. The van der Waals surface area contributed by atoms with Crippen molar-refractivity contribution in [3.05, 3.63) is 29.8 Å². The van der Waals surface area contributed by atoms with Crippen LogP contribution in [-0.4, -0.2) is 37.2 Å². The van der Waals surface area contributed by atoms with Crippen molar-refractivity contribution < 1.29 is 4.74 Å². The highest BCUT2D eigenvalue weighted by atomic mass is 16.5. The van der Waals surface area contributed by atoms with E-state index in [1.807, 2.05) is 12.1 Å². The van der Waals surface area contributed by atoms with Gasteiger partial charge in [-0.1, -0.05) is 31.5 Å². The molecule has 0 aliphatic carbocycles. The van der Waals surface area contributed by atoms with Gasteiger partial charge in [0.1, 0.15) is 5.75 Å². The van der Waals surface area contributed by atoms with Crippen LogP contribution in [0.1, 0.15) is 32.3 Å². The van der Waals surface area contributed by atoms with Gasteiger partial charge in [-0.2, -0.15) is 0 Å². The molecule has 1 fully saturated rings. The lowest BCUT2D eigenvalue weighted by Gasteiger charge is -2.38. The molecule has 1 aliphatic heterocycles. The van der Waals surface area contributed by atoms with Crippen molar-refractivity contribution in [1.29, 1.82) is 0 Å². The Kier molecular flexibility index (Phi) is 5.06. The normalized spacial score (nSPS) is 22.7. The highest BCUT2D eigenvalue weighted by molar-refractivity contribution is 5.34. The Morgan fingerprint density at radius 1 is 1.40 bits per heavy atom. The molecule has 0 aromatic heterocycles. The molecule has 0 amide bonds. The second-order valence-electron chi connectivity index (χ2n) is 6.20. The summed E-state index contributed by atoms with van der Waals surface area (Å²) in [5.41, 5.74) is 7.41. The Bertz CT molecular complexity index is 435. The number of hydrogen-bond acceptors (Lipinski definition) is 3. The van der Waals surface area contributed by atoms with Gasteiger partial charge >= 0.3 is 0 Å². The average molecular weight is 276 g/mol. The predicted molar refractivity (Wildman–Crippen MR) is 84.1 cm³/mol. The third kappa shape index (κ3) is 3.15. The summed E-state index contributed by atoms with van der Waals surface area (Å²) in [6.45, 7) is 7.61. The Balaban J connectivity index is 2.15. The second kappa shape index (κ2) is 6.59. The third-order valence-electron chi connectivity index (χ3n) is 4.83. The maximum atomic E-state index is 6.13. The van der Waals surface area contributed by atoms with Crippen molar-refractivity contribution in [3.8, 4) is 5.75 Å². The molecular weight excluding hydrogens is 248 g/mol. The van der Waals surface area contributed by atoms with Crippen LogP contribution in [0.2, 0.25) is 0 Å². The van der Waals surface area contributed by atoms with Gasteiger partial charge in [-0.25, -0.2) is 0 Å². The van der Waals surface area contributed by atoms with Gasteiger partial charge < -0.3 is 10.5 Å². The zero-order chi connectivity index (χ0) is 14.6. The van der Waals surface area contributed by atoms with E-state index in [-0.39, 0.29) is 5.54 Å². The van der Waals surface area contributed by atoms with E-state index in [0.717, 1.165) is 18.1 Å². The fourth-order valence-electron chi connectivity index (χ4n) is 3.23. The number of ether oxygens (including phenoxy) is 1. The molecule has 2 unspecified atom stereocenters. The van der Waals surface area contributed by atoms with Crippen LogP contribution in [0.15, 0.2) is 24.3 Å². The molecule has 1 aromatic carbocycles. The molecule has 2 N–H and O–H groups in total. The van der Waals surface area contributed by atoms with Gasteiger partial charge in [0, 0.05) is 18.6 Å². The lowest BCUT2D eigenvalue weighted by atomic mass is 9.90. The fourth-order valence-corrected chi connectivity index (χ4v) is 3.23. The van der Waals surface area contributed by atoms with E-state index in [2.05, 4.69) is 30.9 Å². The minimum Gasteiger partial charge on any atom is -0.496 e. The van der Waals surface area contributed by atoms with Crippen LogP contribution in [-0.2, 0) is 6.42 Å². The van der Waals surface area contributed by atoms with Gasteiger partial charge in [0.2, 0.25) is 0 Å². The maximum absolute atomic E-state index is 6.13. The van der Waals surface area contributed by atoms with Crippen LogP contribution in [0.4, 0.5) is 0 Å². The number of likely N-dealkylation sites (tertiary alicyclic amines) is 1. The monoisotopic (exact) mass is 276 g/mol. The van der Waals surface area contributed by atoms with E-state index < -0.39 is 0 Å². The lowest BCUT2D eigenvalue weighted by Crippen LogP contribution is -2.52. The summed E-state index contributed by atoms with van der Waals surface area (Å²) < 4.78 is 5.48. The molecule has 2 atom stereocenters. The van der Waals surface area contributed by atoms with Crippen LogP contribution >= 0.6 is 0 Å². The summed E-state index contributed by atoms with van der Waals surface area (Å²) in [4.78, 5) is 2.58. The quantitative estimate of drug-likeness (QED) is 0.868. The van der Waals surface area contributed by atoms with Gasteiger partial charge in [-0.3, -0.25) is 4.90 Å². The van der Waals surface area contributed by atoms with E-state index >= 15 is 0 Å². The number of benzene rings is 1. The van der Waals surface area contributed by atoms with Crippen molar-refractivity contribution in [3.63, 3.8) is 0 Å². The standard InChI is InChI=1S/C17H28N2O/c1-4-14-9-10-19(12-14)17(2,13-18)11-15-7-5-6-8-16(15)20-3/h5-8,14H,4,9-13,18H2,1-3H3. The molecule has 20 heavy (non-hydrogen) atoms. The number of methoxy groups -OCH3 is 1. The molecule has 1 aliphatic rings. The second-order valence-corrected chi connectivity index (χ2v) is 6.20. The van der Waals surface area contributed by atoms with Crippen molar-refractivity contribution in [2.24, 2.45) is 11.7 Å². The summed E-state index contributed by atoms with van der Waals surface area (Å²) in [5.74, 6) is 1.80. The fraction of sp³-hybridized carbons (Fsp3) is 0.647. The van der Waals surface area contributed by atoms with Gasteiger partial charge in [0.15, 0.2) is 0 Å². The molecule has 0 bridgehead atoms. The van der Waals surface area contributed by atoms with Crippen molar-refractivity contribution in [2.45, 2.75) is 38.6 Å². The molecule has 1 aromatic rings. The summed E-state index contributed by atoms with van der Waals surface area (Å²) in [5, 5.41) is 0. The molecule has 0 spiro atoms. The number of para-hydroxylation sites is 1. The van der Waals surface area contributed by atoms with Crippen LogP contribution < -0.4 is 10.5 Å². The number of nitrogens with zero attached hydrogens (tertiary/aromatic N) is 1. The molecule has 112 valence electrons. The van der Waals surface area contributed by atoms with Crippen molar-refractivity contribution in [2.75, 3.05) is 26.7 Å². The molecule has 1 saturated heterocycles. The van der Waals surface area contributed by atoms with E-state index in [4.69, 9.17) is 10.5 Å². The molecule has 1 heterocycles. The zero-order valence-electron chi connectivity index (χ0n) is 13.1. The molecule has 3 heteroatoms. The zero-order valence-corrected chi connectivity index (χ0v) is 13.1. The Hall–Kier alpha value is -1.06. The highest BCUT2D eigenvalue weighted by Gasteiger charge is 2.36. The molecule has 2 rings (SSSR count). The first-order valence-corrected chi connectivity index (χ1v) is 7.70. The Morgan fingerprint density at radius 2 is 2.15 bits per heavy atom. The minimum absolute atomic E-state index is 0.0263. The SMILES string of the molecule is CCC1CCN(C(C)(CN)Cc2ccccc2OC)C1. The van der Waals surface area contributed by atoms with E-state index in [1.165, 1.54) is 31.5 Å². The smallest absolute Gasteiger partial charge is 0.122 e. The van der Waals surface area contributed by atoms with E-state index in [0.29, 0.717) is 6.54 Å². The lowest BCUT2D eigenvalue weighted by molar-refractivity contribution is 0.136. The molecule has 0 radical (unpaired) electrons. The first kappa shape index (κ1) is 15.3. The average Bonchev–Trinajstić information content (AvgIpc) is 2.97. The molecular formula is C17H28N2O. The third-order valence-corrected chi connectivity index (χ3v) is 4.83. The van der Waals surface area contributed by atoms with Crippen molar-refractivity contribution >= 4 is 0 Å². The van der Waals surface area contributed by atoms with Crippen LogP contribution in [0, 0.1) is 5.92 Å². The number of rotatable bonds is 6. The summed E-state index contributed by atoms with van der Waals surface area (Å²) in [7, 11) is 1.74. The van der Waals surface area contributed by atoms with Crippen LogP contribution in [0.3, 0.4) is 0 Å². The van der Waals surface area contributed by atoms with Crippen LogP contribution in [0.5, 0.6) is 5.75 Å². The largest absolute Gasteiger partial charge is 0.496 e. The van der Waals surface area contributed by atoms with Gasteiger partial charge in [-0.05, 0) is 43.9 Å². The minimum atomic E-state index is 0.0263. The molecule has 0 saturated carbocycles. The Labute approximate surface area is 123 Å². The van der Waals surface area contributed by atoms with E-state index in [1.54, 1.807) is 7.11 Å². The summed E-state index contributed by atoms with van der Waals surface area (Å²) >= 11 is 0.